The summed E-state index contributed by atoms with van der Waals surface area (Å²) in [7, 11) is 2.77. The third kappa shape index (κ3) is 2.41. The number of benzene rings is 1. The molecule has 1 unspecified atom stereocenters. The van der Waals surface area contributed by atoms with Crippen LogP contribution in [-0.2, 0) is 9.53 Å². The van der Waals surface area contributed by atoms with Crippen LogP contribution in [0.4, 0.5) is 0 Å². The topological polar surface area (TPSA) is 104 Å². The number of likely N-dealkylation sites (tertiary alicyclic amines) is 1. The van der Waals surface area contributed by atoms with E-state index < -0.39 is 29.2 Å². The first-order chi connectivity index (χ1) is 11.8. The lowest BCUT2D eigenvalue weighted by molar-refractivity contribution is -0.151. The first kappa shape index (κ1) is 17.1. The summed E-state index contributed by atoms with van der Waals surface area (Å²) in [5, 5.41) is 9.65. The molecule has 1 atom stereocenters. The van der Waals surface area contributed by atoms with E-state index in [0.717, 1.165) is 4.90 Å². The molecule has 1 N–H and O–H groups in total. The number of carboxylic acid groups (broad SMARTS) is 1. The zero-order valence-corrected chi connectivity index (χ0v) is 13.9. The molecule has 2 heterocycles. The first-order valence-corrected chi connectivity index (χ1v) is 7.84. The number of imide groups is 1. The van der Waals surface area contributed by atoms with Gasteiger partial charge in [-0.3, -0.25) is 19.3 Å². The standard InChI is InChI=1S/C17H18N2O6/c1-18-14(21)11-5-4-10(8-12(11)15(18)22)13(20)19-7-3-6-17(19,9-25-2)16(23)24/h4-5,8H,3,6-7,9H2,1-2H3,(H,23,24). The minimum atomic E-state index is -1.42. The normalized spacial score (nSPS) is 22.5. The van der Waals surface area contributed by atoms with Crippen molar-refractivity contribution in [2.75, 3.05) is 27.3 Å². The van der Waals surface area contributed by atoms with E-state index in [0.29, 0.717) is 19.4 Å². The van der Waals surface area contributed by atoms with Gasteiger partial charge in [-0.1, -0.05) is 0 Å². The molecule has 132 valence electrons. The number of hydrogen-bond donors (Lipinski definition) is 1. The Bertz CT molecular complexity index is 789. The lowest BCUT2D eigenvalue weighted by Crippen LogP contribution is -2.56. The maximum atomic E-state index is 12.9. The number of amides is 3. The van der Waals surface area contributed by atoms with Gasteiger partial charge >= 0.3 is 5.97 Å². The Kier molecular flexibility index (Phi) is 4.08. The van der Waals surface area contributed by atoms with Crippen molar-refractivity contribution < 1.29 is 29.0 Å². The maximum Gasteiger partial charge on any atom is 0.332 e. The molecule has 0 aliphatic carbocycles. The van der Waals surface area contributed by atoms with Crippen LogP contribution in [0.2, 0.25) is 0 Å². The number of methoxy groups -OCH3 is 1. The lowest BCUT2D eigenvalue weighted by atomic mass is 9.96. The van der Waals surface area contributed by atoms with Gasteiger partial charge in [0.05, 0.1) is 17.7 Å². The van der Waals surface area contributed by atoms with Crippen molar-refractivity contribution in [2.45, 2.75) is 18.4 Å². The Balaban J connectivity index is 1.98. The Morgan fingerprint density at radius 2 is 1.92 bits per heavy atom. The van der Waals surface area contributed by atoms with E-state index in [9.17, 15) is 24.3 Å². The average molecular weight is 346 g/mol. The van der Waals surface area contributed by atoms with E-state index >= 15 is 0 Å². The highest BCUT2D eigenvalue weighted by molar-refractivity contribution is 6.21. The fourth-order valence-corrected chi connectivity index (χ4v) is 3.50. The van der Waals surface area contributed by atoms with Gasteiger partial charge < -0.3 is 14.7 Å². The fraction of sp³-hybridized carbons (Fsp3) is 0.412. The van der Waals surface area contributed by atoms with Gasteiger partial charge in [0.25, 0.3) is 17.7 Å². The minimum Gasteiger partial charge on any atom is -0.479 e. The van der Waals surface area contributed by atoms with E-state index in [1.807, 2.05) is 0 Å². The summed E-state index contributed by atoms with van der Waals surface area (Å²) < 4.78 is 5.05. The van der Waals surface area contributed by atoms with Crippen molar-refractivity contribution in [3.63, 3.8) is 0 Å². The third-order valence-electron chi connectivity index (χ3n) is 4.85. The molecule has 2 aliphatic heterocycles. The molecule has 0 spiro atoms. The average Bonchev–Trinajstić information content (AvgIpc) is 3.11. The van der Waals surface area contributed by atoms with Crippen LogP contribution in [0.15, 0.2) is 18.2 Å². The van der Waals surface area contributed by atoms with Crippen molar-refractivity contribution in [1.29, 1.82) is 0 Å². The molecule has 0 radical (unpaired) electrons. The largest absolute Gasteiger partial charge is 0.479 e. The van der Waals surface area contributed by atoms with Crippen LogP contribution in [0.5, 0.6) is 0 Å². The van der Waals surface area contributed by atoms with Gasteiger partial charge in [-0.25, -0.2) is 4.79 Å². The van der Waals surface area contributed by atoms with E-state index in [1.165, 1.54) is 37.3 Å². The number of rotatable bonds is 4. The number of ether oxygens (including phenoxy) is 1. The molecule has 0 bridgehead atoms. The third-order valence-corrected chi connectivity index (χ3v) is 4.85. The predicted molar refractivity (Wildman–Crippen MR) is 85.4 cm³/mol. The summed E-state index contributed by atoms with van der Waals surface area (Å²) in [5.41, 5.74) is -0.836. The summed E-state index contributed by atoms with van der Waals surface area (Å²) >= 11 is 0. The van der Waals surface area contributed by atoms with Gasteiger partial charge in [0.2, 0.25) is 0 Å². The molecule has 25 heavy (non-hydrogen) atoms. The van der Waals surface area contributed by atoms with Crippen LogP contribution < -0.4 is 0 Å². The maximum absolute atomic E-state index is 12.9. The second-order valence-electron chi connectivity index (χ2n) is 6.26. The van der Waals surface area contributed by atoms with Gasteiger partial charge in [0.1, 0.15) is 0 Å². The molecule has 2 aliphatic rings. The van der Waals surface area contributed by atoms with E-state index in [2.05, 4.69) is 0 Å². The molecule has 1 aromatic carbocycles. The predicted octanol–water partition coefficient (Wildman–Crippen LogP) is 0.618. The number of carbonyl (C=O) groups excluding carboxylic acids is 3. The van der Waals surface area contributed by atoms with Crippen molar-refractivity contribution in [3.05, 3.63) is 34.9 Å². The lowest BCUT2D eigenvalue weighted by Gasteiger charge is -2.34. The molecule has 3 amide bonds. The SMILES string of the molecule is COCC1(C(=O)O)CCCN1C(=O)c1ccc2c(c1)C(=O)N(C)C2=O. The van der Waals surface area contributed by atoms with Crippen LogP contribution in [0.25, 0.3) is 0 Å². The summed E-state index contributed by atoms with van der Waals surface area (Å²) in [5.74, 6) is -2.50. The van der Waals surface area contributed by atoms with Crippen LogP contribution >= 0.6 is 0 Å². The molecule has 8 nitrogen and oxygen atoms in total. The Labute approximate surface area is 144 Å². The highest BCUT2D eigenvalue weighted by atomic mass is 16.5. The highest BCUT2D eigenvalue weighted by Gasteiger charge is 2.50. The van der Waals surface area contributed by atoms with Gasteiger partial charge in [-0.15, -0.1) is 0 Å². The van der Waals surface area contributed by atoms with Crippen LogP contribution in [0.3, 0.4) is 0 Å². The first-order valence-electron chi connectivity index (χ1n) is 7.84. The molecule has 8 heteroatoms. The molecule has 1 fully saturated rings. The zero-order chi connectivity index (χ0) is 18.4. The highest BCUT2D eigenvalue weighted by Crippen LogP contribution is 2.32. The summed E-state index contributed by atoms with van der Waals surface area (Å²) in [6.07, 6.45) is 0.847. The Morgan fingerprint density at radius 3 is 2.56 bits per heavy atom. The molecule has 3 rings (SSSR count). The van der Waals surface area contributed by atoms with Gasteiger partial charge in [-0.2, -0.15) is 0 Å². The number of carboxylic acids is 1. The zero-order valence-electron chi connectivity index (χ0n) is 13.9. The van der Waals surface area contributed by atoms with E-state index in [-0.39, 0.29) is 23.3 Å². The second-order valence-corrected chi connectivity index (χ2v) is 6.26. The fourth-order valence-electron chi connectivity index (χ4n) is 3.50. The summed E-state index contributed by atoms with van der Waals surface area (Å²) in [6, 6.07) is 4.24. The van der Waals surface area contributed by atoms with Gasteiger partial charge in [0.15, 0.2) is 5.54 Å². The number of carbonyl (C=O) groups is 4. The van der Waals surface area contributed by atoms with E-state index in [4.69, 9.17) is 4.74 Å². The van der Waals surface area contributed by atoms with Gasteiger partial charge in [-0.05, 0) is 31.0 Å². The summed E-state index contributed by atoms with van der Waals surface area (Å²) in [4.78, 5) is 51.0. The molecule has 1 aromatic rings. The number of fused-ring (bicyclic) bond motifs is 1. The smallest absolute Gasteiger partial charge is 0.332 e. The Morgan fingerprint density at radius 1 is 1.24 bits per heavy atom. The number of hydrogen-bond acceptors (Lipinski definition) is 5. The molecule has 1 saturated heterocycles. The monoisotopic (exact) mass is 346 g/mol. The van der Waals surface area contributed by atoms with Crippen LogP contribution in [-0.4, -0.2) is 71.4 Å². The quantitative estimate of drug-likeness (QED) is 0.802. The minimum absolute atomic E-state index is 0.112. The molecule has 0 aromatic heterocycles. The molecular formula is C17H18N2O6. The van der Waals surface area contributed by atoms with Crippen molar-refractivity contribution >= 4 is 23.7 Å². The van der Waals surface area contributed by atoms with Gasteiger partial charge in [0, 0.05) is 26.3 Å². The van der Waals surface area contributed by atoms with Crippen molar-refractivity contribution in [2.24, 2.45) is 0 Å². The van der Waals surface area contributed by atoms with Crippen molar-refractivity contribution in [1.82, 2.24) is 9.80 Å². The number of nitrogens with zero attached hydrogens (tertiary/aromatic N) is 2. The Hall–Kier alpha value is -2.74. The van der Waals surface area contributed by atoms with E-state index in [1.54, 1.807) is 0 Å². The van der Waals surface area contributed by atoms with Crippen LogP contribution in [0.1, 0.15) is 43.9 Å². The molecule has 0 saturated carbocycles. The van der Waals surface area contributed by atoms with Crippen LogP contribution in [0, 0.1) is 0 Å². The molecular weight excluding hydrogens is 328 g/mol. The van der Waals surface area contributed by atoms with Crippen molar-refractivity contribution in [3.8, 4) is 0 Å². The summed E-state index contributed by atoms with van der Waals surface area (Å²) in [6.45, 7) is 0.178. The second kappa shape index (κ2) is 5.96. The number of aliphatic carboxylic acids is 1.